The number of aliphatic carboxylic acids is 1. The lowest BCUT2D eigenvalue weighted by Gasteiger charge is -2.13. The van der Waals surface area contributed by atoms with E-state index in [-0.39, 0.29) is 0 Å². The van der Waals surface area contributed by atoms with E-state index in [1.165, 1.54) is 5.32 Å². The fourth-order valence-corrected chi connectivity index (χ4v) is 2.43. The van der Waals surface area contributed by atoms with Gasteiger partial charge in [0.05, 0.1) is 5.75 Å². The minimum atomic E-state index is -4.13. The predicted octanol–water partition coefficient (Wildman–Crippen LogP) is -2.81. The molecular formula is C8H13N3O7S. The van der Waals surface area contributed by atoms with E-state index in [0.29, 0.717) is 0 Å². The first-order valence-corrected chi connectivity index (χ1v) is 6.65. The molecule has 0 aliphatic rings. The van der Waals surface area contributed by atoms with Crippen LogP contribution in [0.1, 0.15) is 6.92 Å². The van der Waals surface area contributed by atoms with E-state index in [4.69, 9.17) is 5.11 Å². The number of urea groups is 1. The standard InChI is InChI=1S/C8H13N3O7S/c1-4(12)10-5(7(14)15)2-19(17,18)3-6(13)11-8(9)16/h5H,2-3H2,1H3,(H,10,12)(H,14,15)(H3,9,11,13,16)/t5-/m0/s1. The second kappa shape index (κ2) is 6.68. The summed E-state index contributed by atoms with van der Waals surface area (Å²) in [5, 5.41) is 12.1. The van der Waals surface area contributed by atoms with Gasteiger partial charge in [0.25, 0.3) is 0 Å². The van der Waals surface area contributed by atoms with Gasteiger partial charge in [-0.25, -0.2) is 18.0 Å². The van der Waals surface area contributed by atoms with Crippen LogP contribution >= 0.6 is 0 Å². The minimum Gasteiger partial charge on any atom is -0.480 e. The van der Waals surface area contributed by atoms with Gasteiger partial charge in [-0.2, -0.15) is 0 Å². The van der Waals surface area contributed by atoms with Crippen molar-refractivity contribution in [2.75, 3.05) is 11.5 Å². The first-order chi connectivity index (χ1) is 8.53. The molecule has 0 spiro atoms. The quantitative estimate of drug-likeness (QED) is 0.409. The first-order valence-electron chi connectivity index (χ1n) is 4.83. The van der Waals surface area contributed by atoms with Crippen LogP contribution in [0, 0.1) is 0 Å². The Morgan fingerprint density at radius 2 is 1.79 bits per heavy atom. The van der Waals surface area contributed by atoms with Crippen LogP contribution in [-0.2, 0) is 24.2 Å². The highest BCUT2D eigenvalue weighted by Gasteiger charge is 2.28. The van der Waals surface area contributed by atoms with E-state index in [2.05, 4.69) is 5.73 Å². The van der Waals surface area contributed by atoms with Crippen LogP contribution in [0.2, 0.25) is 0 Å². The molecule has 5 N–H and O–H groups in total. The molecule has 0 saturated heterocycles. The summed E-state index contributed by atoms with van der Waals surface area (Å²) < 4.78 is 23.0. The van der Waals surface area contributed by atoms with Gasteiger partial charge in [-0.15, -0.1) is 0 Å². The molecule has 0 aromatic heterocycles. The minimum absolute atomic E-state index is 0.732. The molecule has 108 valence electrons. The maximum Gasteiger partial charge on any atom is 0.327 e. The molecule has 0 aromatic carbocycles. The molecule has 0 aliphatic heterocycles. The molecule has 11 heteroatoms. The third kappa shape index (κ3) is 7.70. The van der Waals surface area contributed by atoms with Crippen molar-refractivity contribution in [3.63, 3.8) is 0 Å². The number of carbonyl (C=O) groups excluding carboxylic acids is 3. The zero-order valence-electron chi connectivity index (χ0n) is 9.87. The van der Waals surface area contributed by atoms with Gasteiger partial charge >= 0.3 is 12.0 Å². The number of amides is 4. The molecule has 0 saturated carbocycles. The molecule has 0 heterocycles. The number of rotatable bonds is 6. The zero-order valence-corrected chi connectivity index (χ0v) is 10.7. The molecule has 0 fully saturated rings. The van der Waals surface area contributed by atoms with Gasteiger partial charge in [0.2, 0.25) is 11.8 Å². The van der Waals surface area contributed by atoms with E-state index in [9.17, 15) is 27.6 Å². The molecule has 0 bridgehead atoms. The molecule has 0 radical (unpaired) electrons. The number of hydrogen-bond acceptors (Lipinski definition) is 6. The number of carboxylic acids is 1. The van der Waals surface area contributed by atoms with E-state index in [0.717, 1.165) is 6.92 Å². The molecule has 4 amide bonds. The van der Waals surface area contributed by atoms with Gasteiger partial charge in [0.1, 0.15) is 11.8 Å². The topological polar surface area (TPSA) is 173 Å². The normalized spacial score (nSPS) is 12.3. The Balaban J connectivity index is 4.73. The predicted molar refractivity (Wildman–Crippen MR) is 61.6 cm³/mol. The van der Waals surface area contributed by atoms with E-state index in [1.54, 1.807) is 0 Å². The molecule has 0 aromatic rings. The lowest BCUT2D eigenvalue weighted by atomic mass is 10.3. The van der Waals surface area contributed by atoms with Gasteiger partial charge in [0.15, 0.2) is 9.84 Å². The largest absolute Gasteiger partial charge is 0.480 e. The fourth-order valence-electron chi connectivity index (χ4n) is 1.11. The van der Waals surface area contributed by atoms with Crippen LogP contribution < -0.4 is 16.4 Å². The van der Waals surface area contributed by atoms with E-state index >= 15 is 0 Å². The molecule has 10 nitrogen and oxygen atoms in total. The second-order valence-electron chi connectivity index (χ2n) is 3.56. The summed E-state index contributed by atoms with van der Waals surface area (Å²) in [6.07, 6.45) is 0. The zero-order chi connectivity index (χ0) is 15.2. The summed E-state index contributed by atoms with van der Waals surface area (Å²) in [6.45, 7) is 1.02. The highest BCUT2D eigenvalue weighted by Crippen LogP contribution is 1.97. The van der Waals surface area contributed by atoms with Crippen molar-refractivity contribution < 1.29 is 32.7 Å². The molecule has 0 aliphatic carbocycles. The summed E-state index contributed by atoms with van der Waals surface area (Å²) in [6, 6.07) is -2.90. The number of primary amides is 1. The Morgan fingerprint density at radius 3 is 2.16 bits per heavy atom. The number of carbonyl (C=O) groups is 4. The van der Waals surface area contributed by atoms with Crippen LogP contribution in [0.5, 0.6) is 0 Å². The monoisotopic (exact) mass is 295 g/mol. The number of nitrogens with two attached hydrogens (primary N) is 1. The lowest BCUT2D eigenvalue weighted by Crippen LogP contribution is -2.46. The van der Waals surface area contributed by atoms with Crippen molar-refractivity contribution in [2.45, 2.75) is 13.0 Å². The Kier molecular flexibility index (Phi) is 5.92. The van der Waals surface area contributed by atoms with Gasteiger partial charge in [-0.1, -0.05) is 0 Å². The second-order valence-corrected chi connectivity index (χ2v) is 5.67. The van der Waals surface area contributed by atoms with Gasteiger partial charge < -0.3 is 16.2 Å². The van der Waals surface area contributed by atoms with Crippen molar-refractivity contribution in [1.29, 1.82) is 0 Å². The highest BCUT2D eigenvalue weighted by molar-refractivity contribution is 7.92. The highest BCUT2D eigenvalue weighted by atomic mass is 32.2. The Bertz CT molecular complexity index is 498. The number of sulfone groups is 1. The first kappa shape index (κ1) is 16.8. The molecule has 0 unspecified atom stereocenters. The SMILES string of the molecule is CC(=O)N[C@@H](CS(=O)(=O)CC(=O)NC(N)=O)C(=O)O. The third-order valence-electron chi connectivity index (χ3n) is 1.71. The molecule has 1 atom stereocenters. The lowest BCUT2D eigenvalue weighted by molar-refractivity contribution is -0.140. The summed E-state index contributed by atoms with van der Waals surface area (Å²) in [5.41, 5.74) is 4.61. The number of carboxylic acid groups (broad SMARTS) is 1. The van der Waals surface area contributed by atoms with Crippen molar-refractivity contribution >= 4 is 33.7 Å². The van der Waals surface area contributed by atoms with Crippen LogP contribution in [0.15, 0.2) is 0 Å². The van der Waals surface area contributed by atoms with E-state index < -0.39 is 51.2 Å². The summed E-state index contributed by atoms with van der Waals surface area (Å²) in [5.74, 6) is -5.56. The Hall–Kier alpha value is -2.17. The molecule has 19 heavy (non-hydrogen) atoms. The summed E-state index contributed by atoms with van der Waals surface area (Å²) >= 11 is 0. The average Bonchev–Trinajstić information content (AvgIpc) is 2.11. The number of hydrogen-bond donors (Lipinski definition) is 4. The molecule has 0 rings (SSSR count). The smallest absolute Gasteiger partial charge is 0.327 e. The average molecular weight is 295 g/mol. The van der Waals surface area contributed by atoms with Gasteiger partial charge in [-0.3, -0.25) is 14.9 Å². The number of imide groups is 1. The fraction of sp³-hybridized carbons (Fsp3) is 0.500. The van der Waals surface area contributed by atoms with Crippen molar-refractivity contribution in [2.24, 2.45) is 5.73 Å². The van der Waals surface area contributed by atoms with Crippen molar-refractivity contribution in [3.8, 4) is 0 Å². The van der Waals surface area contributed by atoms with Crippen molar-refractivity contribution in [1.82, 2.24) is 10.6 Å². The van der Waals surface area contributed by atoms with Crippen LogP contribution in [0.4, 0.5) is 4.79 Å². The maximum atomic E-state index is 11.5. The Morgan fingerprint density at radius 1 is 1.26 bits per heavy atom. The maximum absolute atomic E-state index is 11.5. The van der Waals surface area contributed by atoms with Crippen LogP contribution in [0.3, 0.4) is 0 Å². The van der Waals surface area contributed by atoms with Crippen molar-refractivity contribution in [3.05, 3.63) is 0 Å². The third-order valence-corrected chi connectivity index (χ3v) is 3.25. The van der Waals surface area contributed by atoms with Crippen LogP contribution in [-0.4, -0.2) is 54.9 Å². The van der Waals surface area contributed by atoms with E-state index in [1.807, 2.05) is 5.32 Å². The van der Waals surface area contributed by atoms with Gasteiger partial charge in [-0.05, 0) is 0 Å². The summed E-state index contributed by atoms with van der Waals surface area (Å²) in [4.78, 5) is 42.8. The van der Waals surface area contributed by atoms with Crippen LogP contribution in [0.25, 0.3) is 0 Å². The van der Waals surface area contributed by atoms with Gasteiger partial charge in [0, 0.05) is 6.92 Å². The number of nitrogens with one attached hydrogen (secondary N) is 2. The Labute approximate surface area is 108 Å². The summed E-state index contributed by atoms with van der Waals surface area (Å²) in [7, 11) is -4.13. The molecular weight excluding hydrogens is 282 g/mol.